The van der Waals surface area contributed by atoms with Crippen molar-refractivity contribution in [2.24, 2.45) is 0 Å². The van der Waals surface area contributed by atoms with Gasteiger partial charge in [-0.1, -0.05) is 24.3 Å². The van der Waals surface area contributed by atoms with Gasteiger partial charge in [0.05, 0.1) is 13.7 Å². The fourth-order valence-corrected chi connectivity index (χ4v) is 3.96. The first-order valence-electron chi connectivity index (χ1n) is 9.81. The molecule has 1 fully saturated rings. The highest BCUT2D eigenvalue weighted by Crippen LogP contribution is 2.25. The van der Waals surface area contributed by atoms with Crippen LogP contribution >= 0.6 is 0 Å². The van der Waals surface area contributed by atoms with Gasteiger partial charge < -0.3 is 14.8 Å². The average molecular weight is 382 g/mol. The molecule has 1 aromatic carbocycles. The van der Waals surface area contributed by atoms with Crippen LogP contribution < -0.4 is 10.1 Å². The molecule has 0 unspecified atom stereocenters. The molecule has 1 saturated heterocycles. The number of esters is 1. The van der Waals surface area contributed by atoms with Crippen LogP contribution in [0, 0.1) is 0 Å². The normalized spacial score (nSPS) is 17.9. The Bertz CT molecular complexity index is 796. The fourth-order valence-electron chi connectivity index (χ4n) is 3.96. The number of hydrogen-bond acceptors (Lipinski definition) is 7. The third-order valence-electron chi connectivity index (χ3n) is 5.45. The zero-order valence-electron chi connectivity index (χ0n) is 16.1. The molecular weight excluding hydrogens is 356 g/mol. The van der Waals surface area contributed by atoms with Crippen molar-refractivity contribution >= 4 is 11.8 Å². The second-order valence-electron chi connectivity index (χ2n) is 7.43. The van der Waals surface area contributed by atoms with Gasteiger partial charge in [-0.15, -0.1) is 0 Å². The number of piperidine rings is 1. The molecule has 148 valence electrons. The van der Waals surface area contributed by atoms with Crippen LogP contribution in [0.25, 0.3) is 0 Å². The Labute approximate surface area is 165 Å². The lowest BCUT2D eigenvalue weighted by Crippen LogP contribution is -2.41. The number of aromatic nitrogens is 2. The maximum absolute atomic E-state index is 11.4. The second kappa shape index (κ2) is 8.56. The molecule has 0 spiro atoms. The van der Waals surface area contributed by atoms with E-state index >= 15 is 0 Å². The van der Waals surface area contributed by atoms with Crippen molar-refractivity contribution in [3.8, 4) is 5.88 Å². The smallest absolute Gasteiger partial charge is 0.319 e. The first-order valence-corrected chi connectivity index (χ1v) is 9.81. The number of nitrogens with one attached hydrogen (secondary N) is 1. The van der Waals surface area contributed by atoms with Crippen LogP contribution in [0.2, 0.25) is 0 Å². The van der Waals surface area contributed by atoms with Crippen molar-refractivity contribution < 1.29 is 14.3 Å². The van der Waals surface area contributed by atoms with Gasteiger partial charge in [-0.25, -0.2) is 9.97 Å². The molecule has 1 N–H and O–H groups in total. The molecule has 2 heterocycles. The van der Waals surface area contributed by atoms with Crippen molar-refractivity contribution in [1.82, 2.24) is 14.9 Å². The van der Waals surface area contributed by atoms with Gasteiger partial charge in [0.25, 0.3) is 0 Å². The van der Waals surface area contributed by atoms with Gasteiger partial charge in [-0.2, -0.15) is 0 Å². The predicted molar refractivity (Wildman–Crippen MR) is 105 cm³/mol. The summed E-state index contributed by atoms with van der Waals surface area (Å²) in [4.78, 5) is 22.1. The van der Waals surface area contributed by atoms with E-state index in [1.807, 2.05) is 6.07 Å². The van der Waals surface area contributed by atoms with Crippen LogP contribution in [-0.2, 0) is 22.4 Å². The monoisotopic (exact) mass is 382 g/mol. The molecule has 0 radical (unpaired) electrons. The minimum absolute atomic E-state index is 0.104. The van der Waals surface area contributed by atoms with E-state index in [1.54, 1.807) is 6.33 Å². The zero-order valence-corrected chi connectivity index (χ0v) is 16.1. The van der Waals surface area contributed by atoms with Crippen molar-refractivity contribution in [2.45, 2.75) is 37.8 Å². The summed E-state index contributed by atoms with van der Waals surface area (Å²) in [5.74, 6) is 1.20. The van der Waals surface area contributed by atoms with E-state index in [2.05, 4.69) is 44.5 Å². The van der Waals surface area contributed by atoms with E-state index in [4.69, 9.17) is 9.47 Å². The van der Waals surface area contributed by atoms with Crippen LogP contribution in [0.4, 0.5) is 5.82 Å². The number of carbonyl (C=O) groups is 1. The molecule has 1 aromatic heterocycles. The zero-order chi connectivity index (χ0) is 19.3. The van der Waals surface area contributed by atoms with Gasteiger partial charge in [0, 0.05) is 25.2 Å². The van der Waals surface area contributed by atoms with E-state index in [-0.39, 0.29) is 12.1 Å². The molecule has 2 aromatic rings. The molecule has 2 aliphatic rings. The van der Waals surface area contributed by atoms with Crippen molar-refractivity contribution in [3.05, 3.63) is 47.8 Å². The van der Waals surface area contributed by atoms with E-state index in [9.17, 15) is 4.79 Å². The number of rotatable bonds is 6. The maximum atomic E-state index is 11.4. The van der Waals surface area contributed by atoms with Gasteiger partial charge in [-0.05, 0) is 36.8 Å². The molecule has 0 bridgehead atoms. The Morgan fingerprint density at radius 3 is 2.57 bits per heavy atom. The van der Waals surface area contributed by atoms with Gasteiger partial charge in [0.2, 0.25) is 5.88 Å². The summed E-state index contributed by atoms with van der Waals surface area (Å²) < 4.78 is 10.8. The number of carbonyl (C=O) groups excluding carboxylic acids is 1. The second-order valence-corrected chi connectivity index (χ2v) is 7.43. The predicted octanol–water partition coefficient (Wildman–Crippen LogP) is 2.07. The van der Waals surface area contributed by atoms with Crippen LogP contribution in [0.15, 0.2) is 36.7 Å². The summed E-state index contributed by atoms with van der Waals surface area (Å²) >= 11 is 0. The summed E-state index contributed by atoms with van der Waals surface area (Å²) in [7, 11) is 1.42. The number of anilines is 1. The quantitative estimate of drug-likeness (QED) is 0.767. The first-order chi connectivity index (χ1) is 13.7. The molecular formula is C21H26N4O3. The van der Waals surface area contributed by atoms with Crippen LogP contribution in [0.3, 0.4) is 0 Å². The number of ether oxygens (including phenoxy) is 2. The lowest BCUT2D eigenvalue weighted by molar-refractivity contribution is -0.142. The largest absolute Gasteiger partial charge is 0.474 e. The van der Waals surface area contributed by atoms with Crippen LogP contribution in [0.1, 0.15) is 24.0 Å². The third kappa shape index (κ3) is 4.59. The molecule has 28 heavy (non-hydrogen) atoms. The standard InChI is InChI=1S/C21H26N4O3/c1-27-21(26)13-25-8-6-18(7-9-25)28-20-12-19(22-14-23-20)24-17-10-15-4-2-3-5-16(15)11-17/h2-5,12,14,17-18H,6-11,13H2,1H3,(H,22,23,24). The number of fused-ring (bicyclic) bond motifs is 1. The summed E-state index contributed by atoms with van der Waals surface area (Å²) in [5.41, 5.74) is 2.81. The molecule has 0 amide bonds. The van der Waals surface area contributed by atoms with Gasteiger partial charge >= 0.3 is 5.97 Å². The molecule has 0 saturated carbocycles. The lowest BCUT2D eigenvalue weighted by atomic mass is 10.1. The van der Waals surface area contributed by atoms with Crippen molar-refractivity contribution in [3.63, 3.8) is 0 Å². The SMILES string of the molecule is COC(=O)CN1CCC(Oc2cc(NC3Cc4ccccc4C3)ncn2)CC1. The van der Waals surface area contributed by atoms with Crippen LogP contribution in [0.5, 0.6) is 5.88 Å². The topological polar surface area (TPSA) is 76.6 Å². The number of likely N-dealkylation sites (tertiary alicyclic amines) is 1. The van der Waals surface area contributed by atoms with E-state index in [0.717, 1.165) is 44.6 Å². The highest BCUT2D eigenvalue weighted by molar-refractivity contribution is 5.71. The lowest BCUT2D eigenvalue weighted by Gasteiger charge is -2.31. The molecule has 7 nitrogen and oxygen atoms in total. The number of benzene rings is 1. The number of methoxy groups -OCH3 is 1. The van der Waals surface area contributed by atoms with Gasteiger partial charge in [0.15, 0.2) is 0 Å². The highest BCUT2D eigenvalue weighted by atomic mass is 16.5. The summed E-state index contributed by atoms with van der Waals surface area (Å²) in [6, 6.07) is 10.8. The average Bonchev–Trinajstić information content (AvgIpc) is 3.12. The van der Waals surface area contributed by atoms with Gasteiger partial charge in [-0.3, -0.25) is 9.69 Å². The highest BCUT2D eigenvalue weighted by Gasteiger charge is 2.24. The van der Waals surface area contributed by atoms with E-state index in [0.29, 0.717) is 18.5 Å². The summed E-state index contributed by atoms with van der Waals surface area (Å²) in [6.45, 7) is 1.97. The maximum Gasteiger partial charge on any atom is 0.319 e. The van der Waals surface area contributed by atoms with E-state index in [1.165, 1.54) is 18.2 Å². The molecule has 7 heteroatoms. The Hall–Kier alpha value is -2.67. The Balaban J connectivity index is 1.28. The Morgan fingerprint density at radius 2 is 1.89 bits per heavy atom. The number of hydrogen-bond donors (Lipinski definition) is 1. The van der Waals surface area contributed by atoms with E-state index < -0.39 is 0 Å². The number of nitrogens with zero attached hydrogens (tertiary/aromatic N) is 3. The molecule has 4 rings (SSSR count). The molecule has 0 atom stereocenters. The Kier molecular flexibility index (Phi) is 5.71. The summed E-state index contributed by atoms with van der Waals surface area (Å²) in [6.07, 6.45) is 5.40. The van der Waals surface area contributed by atoms with Gasteiger partial charge in [0.1, 0.15) is 18.2 Å². The summed E-state index contributed by atoms with van der Waals surface area (Å²) in [5, 5.41) is 3.51. The van der Waals surface area contributed by atoms with Crippen molar-refractivity contribution in [1.29, 1.82) is 0 Å². The molecule has 1 aliphatic heterocycles. The fraction of sp³-hybridized carbons (Fsp3) is 0.476. The minimum atomic E-state index is -0.194. The first kappa shape index (κ1) is 18.7. The third-order valence-corrected chi connectivity index (χ3v) is 5.45. The van der Waals surface area contributed by atoms with Crippen molar-refractivity contribution in [2.75, 3.05) is 32.1 Å². The Morgan fingerprint density at radius 1 is 1.18 bits per heavy atom. The minimum Gasteiger partial charge on any atom is -0.474 e. The van der Waals surface area contributed by atoms with Crippen LogP contribution in [-0.4, -0.2) is 59.7 Å². The molecule has 1 aliphatic carbocycles.